The number of benzene rings is 2. The first-order chi connectivity index (χ1) is 10.0. The quantitative estimate of drug-likeness (QED) is 0.738. The Morgan fingerprint density at radius 3 is 2.71 bits per heavy atom. The Morgan fingerprint density at radius 2 is 2.00 bits per heavy atom. The van der Waals surface area contributed by atoms with Gasteiger partial charge in [0.1, 0.15) is 0 Å². The first-order valence-corrected chi connectivity index (χ1v) is 7.13. The SMILES string of the molecule is Cc1ccc(CNC(=O)n2[nH]c3cc(Cl)ccc32)cc1C. The summed E-state index contributed by atoms with van der Waals surface area (Å²) in [5, 5.41) is 6.50. The van der Waals surface area contributed by atoms with E-state index in [1.165, 1.54) is 15.8 Å². The van der Waals surface area contributed by atoms with Crippen LogP contribution < -0.4 is 5.32 Å². The van der Waals surface area contributed by atoms with Crippen LogP contribution in [0.3, 0.4) is 0 Å². The average Bonchev–Trinajstić information content (AvgIpc) is 2.43. The lowest BCUT2D eigenvalue weighted by atomic mass is 10.1. The first kappa shape index (κ1) is 13.8. The van der Waals surface area contributed by atoms with Gasteiger partial charge < -0.3 is 5.32 Å². The largest absolute Gasteiger partial charge is 0.341 e. The molecule has 2 N–H and O–H groups in total. The normalized spacial score (nSPS) is 11.0. The lowest BCUT2D eigenvalue weighted by molar-refractivity contribution is 0.239. The van der Waals surface area contributed by atoms with E-state index in [1.54, 1.807) is 12.1 Å². The third kappa shape index (κ3) is 2.67. The highest BCUT2D eigenvalue weighted by molar-refractivity contribution is 6.31. The summed E-state index contributed by atoms with van der Waals surface area (Å²) in [6.45, 7) is 4.64. The van der Waals surface area contributed by atoms with Crippen LogP contribution in [0.2, 0.25) is 5.02 Å². The lowest BCUT2D eigenvalue weighted by Gasteiger charge is -2.16. The number of carbonyl (C=O) groups is 1. The highest BCUT2D eigenvalue weighted by Crippen LogP contribution is 2.19. The Kier molecular flexibility index (Phi) is 3.47. The summed E-state index contributed by atoms with van der Waals surface area (Å²) in [6.07, 6.45) is 0. The fourth-order valence-electron chi connectivity index (χ4n) is 2.25. The van der Waals surface area contributed by atoms with Crippen molar-refractivity contribution in [2.45, 2.75) is 20.4 Å². The van der Waals surface area contributed by atoms with Crippen LogP contribution in [-0.4, -0.2) is 15.8 Å². The van der Waals surface area contributed by atoms with Crippen molar-refractivity contribution >= 4 is 28.7 Å². The molecule has 0 saturated carbocycles. The number of halogens is 1. The molecule has 0 aliphatic rings. The number of H-pyrrole nitrogens is 1. The molecule has 3 rings (SSSR count). The number of aromatic amines is 1. The van der Waals surface area contributed by atoms with Crippen LogP contribution in [0.25, 0.3) is 11.0 Å². The number of rotatable bonds is 2. The lowest BCUT2D eigenvalue weighted by Crippen LogP contribution is -2.32. The average molecular weight is 302 g/mol. The van der Waals surface area contributed by atoms with Gasteiger partial charge in [-0.15, -0.1) is 0 Å². The minimum Gasteiger partial charge on any atom is -0.332 e. The Bertz CT molecular complexity index is 816. The Balaban J connectivity index is 1.70. The van der Waals surface area contributed by atoms with Gasteiger partial charge in [-0.3, -0.25) is 5.10 Å². The highest BCUT2D eigenvalue weighted by Gasteiger charge is 2.12. The molecule has 5 heteroatoms. The predicted molar refractivity (Wildman–Crippen MR) is 84.8 cm³/mol. The van der Waals surface area contributed by atoms with Gasteiger partial charge in [-0.2, -0.15) is 0 Å². The number of carbonyl (C=O) groups excluding carboxylic acids is 1. The predicted octanol–water partition coefficient (Wildman–Crippen LogP) is 4.00. The van der Waals surface area contributed by atoms with E-state index < -0.39 is 0 Å². The van der Waals surface area contributed by atoms with Crippen molar-refractivity contribution in [3.8, 4) is 0 Å². The van der Waals surface area contributed by atoms with E-state index in [0.717, 1.165) is 16.6 Å². The van der Waals surface area contributed by atoms with Crippen LogP contribution in [-0.2, 0) is 6.54 Å². The number of aromatic nitrogens is 2. The van der Waals surface area contributed by atoms with E-state index in [-0.39, 0.29) is 6.03 Å². The van der Waals surface area contributed by atoms with Gasteiger partial charge >= 0.3 is 6.03 Å². The number of nitrogens with zero attached hydrogens (tertiary/aromatic N) is 1. The standard InChI is InChI=1S/C16H16ClN3O/c1-10-3-4-12(7-11(10)2)9-18-16(21)20-15-6-5-13(17)8-14(15)19-20/h3-8,19H,9H2,1-2H3,(H,18,21). The van der Waals surface area contributed by atoms with Crippen molar-refractivity contribution in [2.75, 3.05) is 0 Å². The maximum absolute atomic E-state index is 12.1. The van der Waals surface area contributed by atoms with E-state index in [4.69, 9.17) is 11.6 Å². The fourth-order valence-corrected chi connectivity index (χ4v) is 2.42. The topological polar surface area (TPSA) is 49.8 Å². The molecule has 108 valence electrons. The molecule has 1 heterocycles. The molecule has 21 heavy (non-hydrogen) atoms. The Labute approximate surface area is 127 Å². The van der Waals surface area contributed by atoms with Crippen molar-refractivity contribution in [1.29, 1.82) is 0 Å². The van der Waals surface area contributed by atoms with Crippen LogP contribution in [0, 0.1) is 13.8 Å². The van der Waals surface area contributed by atoms with Gasteiger partial charge in [0, 0.05) is 11.6 Å². The number of hydrogen-bond donors (Lipinski definition) is 2. The second kappa shape index (κ2) is 5.30. The monoisotopic (exact) mass is 301 g/mol. The highest BCUT2D eigenvalue weighted by atomic mass is 35.5. The number of aryl methyl sites for hydroxylation is 2. The van der Waals surface area contributed by atoms with Crippen LogP contribution >= 0.6 is 11.6 Å². The van der Waals surface area contributed by atoms with Crippen molar-refractivity contribution in [2.24, 2.45) is 0 Å². The molecule has 4 nitrogen and oxygen atoms in total. The molecule has 0 aliphatic heterocycles. The van der Waals surface area contributed by atoms with Gasteiger partial charge in [0.15, 0.2) is 0 Å². The molecule has 1 aromatic heterocycles. The van der Waals surface area contributed by atoms with Crippen molar-refractivity contribution in [3.05, 3.63) is 58.1 Å². The van der Waals surface area contributed by atoms with Crippen molar-refractivity contribution in [3.63, 3.8) is 0 Å². The Morgan fingerprint density at radius 1 is 1.19 bits per heavy atom. The van der Waals surface area contributed by atoms with Crippen LogP contribution in [0.5, 0.6) is 0 Å². The van der Waals surface area contributed by atoms with Gasteiger partial charge in [0.2, 0.25) is 0 Å². The molecular weight excluding hydrogens is 286 g/mol. The molecule has 0 atom stereocenters. The van der Waals surface area contributed by atoms with Gasteiger partial charge in [0.05, 0.1) is 11.0 Å². The summed E-state index contributed by atoms with van der Waals surface area (Å²) >= 11 is 5.89. The number of hydrogen-bond acceptors (Lipinski definition) is 1. The van der Waals surface area contributed by atoms with Gasteiger partial charge in [-0.25, -0.2) is 9.48 Å². The zero-order valence-corrected chi connectivity index (χ0v) is 12.7. The van der Waals surface area contributed by atoms with E-state index >= 15 is 0 Å². The second-order valence-corrected chi connectivity index (χ2v) is 5.62. The number of nitrogens with one attached hydrogen (secondary N) is 2. The smallest absolute Gasteiger partial charge is 0.332 e. The zero-order chi connectivity index (χ0) is 15.0. The summed E-state index contributed by atoms with van der Waals surface area (Å²) in [5.74, 6) is 0. The minimum absolute atomic E-state index is 0.178. The van der Waals surface area contributed by atoms with E-state index in [1.807, 2.05) is 12.1 Å². The molecule has 0 bridgehead atoms. The molecule has 0 aliphatic carbocycles. The van der Waals surface area contributed by atoms with Crippen LogP contribution in [0.15, 0.2) is 36.4 Å². The number of amides is 1. The van der Waals surface area contributed by atoms with Gasteiger partial charge in [0.25, 0.3) is 0 Å². The van der Waals surface area contributed by atoms with E-state index in [0.29, 0.717) is 11.6 Å². The maximum atomic E-state index is 12.1. The van der Waals surface area contributed by atoms with Crippen molar-refractivity contribution < 1.29 is 4.79 Å². The van der Waals surface area contributed by atoms with Gasteiger partial charge in [-0.05, 0) is 48.7 Å². The summed E-state index contributed by atoms with van der Waals surface area (Å²) in [7, 11) is 0. The third-order valence-corrected chi connectivity index (χ3v) is 3.89. The first-order valence-electron chi connectivity index (χ1n) is 6.75. The molecule has 2 aromatic carbocycles. The molecule has 0 unspecified atom stereocenters. The molecule has 3 aromatic rings. The third-order valence-electron chi connectivity index (χ3n) is 3.65. The second-order valence-electron chi connectivity index (χ2n) is 5.19. The summed E-state index contributed by atoms with van der Waals surface area (Å²) in [5.41, 5.74) is 5.26. The van der Waals surface area contributed by atoms with Crippen molar-refractivity contribution in [1.82, 2.24) is 15.1 Å². The summed E-state index contributed by atoms with van der Waals surface area (Å²) in [6, 6.07) is 11.4. The minimum atomic E-state index is -0.178. The maximum Gasteiger partial charge on any atom is 0.341 e. The molecule has 0 fully saturated rings. The molecule has 0 spiro atoms. The van der Waals surface area contributed by atoms with Crippen LogP contribution in [0.1, 0.15) is 16.7 Å². The van der Waals surface area contributed by atoms with E-state index in [9.17, 15) is 4.79 Å². The summed E-state index contributed by atoms with van der Waals surface area (Å²) in [4.78, 5) is 12.1. The molecule has 0 radical (unpaired) electrons. The van der Waals surface area contributed by atoms with Crippen LogP contribution in [0.4, 0.5) is 4.79 Å². The fraction of sp³-hybridized carbons (Fsp3) is 0.188. The molecular formula is C16H16ClN3O. The Hall–Kier alpha value is -2.20. The summed E-state index contributed by atoms with van der Waals surface area (Å²) < 4.78 is 1.48. The molecule has 1 amide bonds. The zero-order valence-electron chi connectivity index (χ0n) is 11.9. The molecule has 0 saturated heterocycles. The number of fused-ring (bicyclic) bond motifs is 1. The van der Waals surface area contributed by atoms with E-state index in [2.05, 4.69) is 36.4 Å². The van der Waals surface area contributed by atoms with Gasteiger partial charge in [-0.1, -0.05) is 29.8 Å².